The highest BCUT2D eigenvalue weighted by molar-refractivity contribution is 5.81. The molecule has 2 aliphatic heterocycles. The number of hydrogen-bond acceptors (Lipinski definition) is 18. The Hall–Kier alpha value is -3.51. The van der Waals surface area contributed by atoms with Crippen LogP contribution in [0.5, 0.6) is 0 Å². The minimum atomic E-state index is -1.96. The number of ether oxygens (including phenoxy) is 3. The predicted molar refractivity (Wildman–Crippen MR) is 240 cm³/mol. The molecule has 1 fully saturated rings. The second-order valence-electron chi connectivity index (χ2n) is 17.6. The van der Waals surface area contributed by atoms with Gasteiger partial charge < -0.3 is 81.2 Å². The zero-order chi connectivity index (χ0) is 49.7. The number of hydrogen-bond donors (Lipinski definition) is 13. The average molecular weight is 942 g/mol. The second-order valence-corrected chi connectivity index (χ2v) is 17.6. The van der Waals surface area contributed by atoms with Crippen molar-refractivity contribution in [2.24, 2.45) is 17.6 Å². The van der Waals surface area contributed by atoms with E-state index in [1.165, 1.54) is 39.0 Å². The Morgan fingerprint density at radius 1 is 0.682 bits per heavy atom. The van der Waals surface area contributed by atoms with Crippen LogP contribution >= 0.6 is 0 Å². The Morgan fingerprint density at radius 3 is 1.89 bits per heavy atom. The van der Waals surface area contributed by atoms with Crippen molar-refractivity contribution in [2.45, 2.75) is 189 Å². The largest absolute Gasteiger partial charge is 0.481 e. The Bertz CT molecular complexity index is 1650. The molecule has 0 bridgehead atoms. The fourth-order valence-corrected chi connectivity index (χ4v) is 7.48. The standard InChI is InChI=1S/C47H75NO18/c1-27-28(2)64-39(57)25-32(51)22-31(50)21-30(49)18-19-35(53)36(54)23-33(52)24-37(55)40(45(61)62)38(56)26-34(66-46-43(59)41(48)42(58)29(3)65-46)17-15-13-11-9-7-5-6-8-10-12-14-16-20-47(4,63)44(27)60/h5-7,9,11-17,20,27-32,34-38,40-44,46,49-51,53-56,58-60,63H,8,10,18-19,21-26,48H2,1-4H3,(H,61,62)/t27-,28+,29-,30-,31-,32-,34-,35+,36-,37+,38-,40+,41+,42+,43+,44-,46+,47+/m1/s1. The smallest absolute Gasteiger partial charge is 0.311 e. The van der Waals surface area contributed by atoms with E-state index in [-0.39, 0.29) is 25.7 Å². The van der Waals surface area contributed by atoms with Gasteiger partial charge in [-0.05, 0) is 59.3 Å². The first-order chi connectivity index (χ1) is 30.9. The van der Waals surface area contributed by atoms with Gasteiger partial charge in [0.05, 0.1) is 79.6 Å². The van der Waals surface area contributed by atoms with Crippen LogP contribution in [0, 0.1) is 11.8 Å². The van der Waals surface area contributed by atoms with Crippen LogP contribution in [-0.4, -0.2) is 176 Å². The Morgan fingerprint density at radius 2 is 1.26 bits per heavy atom. The molecule has 0 saturated carbocycles. The van der Waals surface area contributed by atoms with Crippen LogP contribution in [0.3, 0.4) is 0 Å². The molecule has 0 aromatic heterocycles. The Kier molecular flexibility index (Phi) is 26.1. The molecule has 0 aliphatic carbocycles. The summed E-state index contributed by atoms with van der Waals surface area (Å²) in [4.78, 5) is 37.8. The van der Waals surface area contributed by atoms with Gasteiger partial charge in [0.25, 0.3) is 0 Å². The minimum absolute atomic E-state index is 0.166. The number of aliphatic hydroxyl groups is 11. The van der Waals surface area contributed by atoms with Crippen LogP contribution < -0.4 is 5.73 Å². The summed E-state index contributed by atoms with van der Waals surface area (Å²) in [6.45, 7) is 6.04. The number of carboxylic acids is 1. The summed E-state index contributed by atoms with van der Waals surface area (Å²) in [5.74, 6) is -6.01. The molecular weight excluding hydrogens is 867 g/mol. The van der Waals surface area contributed by atoms with Gasteiger partial charge in [-0.15, -0.1) is 0 Å². The first-order valence-corrected chi connectivity index (χ1v) is 22.5. The van der Waals surface area contributed by atoms with E-state index in [9.17, 15) is 75.7 Å². The summed E-state index contributed by atoms with van der Waals surface area (Å²) < 4.78 is 16.9. The molecule has 376 valence electrons. The quantitative estimate of drug-likeness (QED) is 0.164. The molecule has 0 unspecified atom stereocenters. The highest BCUT2D eigenvalue weighted by atomic mass is 16.7. The fourth-order valence-electron chi connectivity index (χ4n) is 7.48. The summed E-state index contributed by atoms with van der Waals surface area (Å²) in [5.41, 5.74) is 4.27. The van der Waals surface area contributed by atoms with E-state index in [0.717, 1.165) is 0 Å². The lowest BCUT2D eigenvalue weighted by Crippen LogP contribution is -2.61. The highest BCUT2D eigenvalue weighted by Gasteiger charge is 2.43. The van der Waals surface area contributed by atoms with Gasteiger partial charge in [-0.1, -0.05) is 79.8 Å². The first kappa shape index (κ1) is 58.6. The number of aliphatic carboxylic acids is 1. The molecule has 2 heterocycles. The van der Waals surface area contributed by atoms with Crippen LogP contribution in [0.25, 0.3) is 0 Å². The normalized spacial score (nSPS) is 40.3. The van der Waals surface area contributed by atoms with Crippen molar-refractivity contribution in [1.29, 1.82) is 0 Å². The monoisotopic (exact) mass is 941 g/mol. The number of carboxylic acid groups (broad SMARTS) is 1. The Labute approximate surface area is 386 Å². The maximum Gasteiger partial charge on any atom is 0.311 e. The summed E-state index contributed by atoms with van der Waals surface area (Å²) in [6.07, 6.45) is -1.60. The zero-order valence-electron chi connectivity index (χ0n) is 38.2. The lowest BCUT2D eigenvalue weighted by atomic mass is 9.86. The van der Waals surface area contributed by atoms with Crippen LogP contribution in [0.1, 0.15) is 91.9 Å². The zero-order valence-corrected chi connectivity index (χ0v) is 38.2. The number of carbonyl (C=O) groups is 3. The molecule has 2 rings (SSSR count). The van der Waals surface area contributed by atoms with Gasteiger partial charge in [0, 0.05) is 25.2 Å². The van der Waals surface area contributed by atoms with Crippen molar-refractivity contribution >= 4 is 17.7 Å². The molecular formula is C47H75NO18. The average Bonchev–Trinajstić information content (AvgIpc) is 3.22. The molecule has 1 saturated heterocycles. The van der Waals surface area contributed by atoms with E-state index in [1.54, 1.807) is 43.4 Å². The first-order valence-electron chi connectivity index (χ1n) is 22.5. The molecule has 2 aliphatic rings. The van der Waals surface area contributed by atoms with Crippen molar-refractivity contribution in [3.8, 4) is 0 Å². The fraction of sp³-hybridized carbons (Fsp3) is 0.681. The number of cyclic esters (lactones) is 1. The van der Waals surface area contributed by atoms with Gasteiger partial charge >= 0.3 is 11.9 Å². The maximum atomic E-state index is 12.9. The van der Waals surface area contributed by atoms with Gasteiger partial charge in [-0.2, -0.15) is 0 Å². The third-order valence-electron chi connectivity index (χ3n) is 11.8. The van der Waals surface area contributed by atoms with Crippen molar-refractivity contribution < 1.29 is 89.9 Å². The number of allylic oxidation sites excluding steroid dienone is 10. The van der Waals surface area contributed by atoms with Crippen LogP contribution in [0.15, 0.2) is 72.9 Å². The van der Waals surface area contributed by atoms with Crippen LogP contribution in [0.2, 0.25) is 0 Å². The third kappa shape index (κ3) is 20.8. The van der Waals surface area contributed by atoms with Crippen molar-refractivity contribution in [3.63, 3.8) is 0 Å². The molecule has 0 spiro atoms. The number of nitrogens with two attached hydrogens (primary N) is 1. The van der Waals surface area contributed by atoms with Gasteiger partial charge in [-0.3, -0.25) is 14.4 Å². The SMILES string of the molecule is C[C@@H]1[C@H](C)OC(=O)C[C@H](O)C[C@H](O)C[C@H](O)CC[C@H](O)[C@H](O)CC(=O)C[C@H](O)[C@H](C(=O)O)[C@H](O)C[C@H](O[C@@H]2O[C@H](C)[C@H](O)[C@H](N)[C@@H]2O)C=CC=CC=CC=CCCC=CC=C[C@](C)(O)[C@@H]1O. The molecule has 14 N–H and O–H groups in total. The number of aliphatic hydroxyl groups excluding tert-OH is 10. The topological polar surface area (TPSA) is 348 Å². The molecule has 18 atom stereocenters. The number of ketones is 1. The number of Topliss-reactive ketones (excluding diaryl/α,β-unsaturated/α-hetero) is 1. The van der Waals surface area contributed by atoms with Crippen molar-refractivity contribution in [3.05, 3.63) is 72.9 Å². The lowest BCUT2D eigenvalue weighted by Gasteiger charge is -2.41. The second kappa shape index (κ2) is 29.4. The molecule has 0 aromatic carbocycles. The van der Waals surface area contributed by atoms with Crippen LogP contribution in [0.4, 0.5) is 0 Å². The van der Waals surface area contributed by atoms with Crippen molar-refractivity contribution in [1.82, 2.24) is 0 Å². The highest BCUT2D eigenvalue weighted by Crippen LogP contribution is 2.27. The molecule has 0 aromatic rings. The molecule has 0 amide bonds. The third-order valence-corrected chi connectivity index (χ3v) is 11.8. The van der Waals surface area contributed by atoms with Crippen LogP contribution in [-0.2, 0) is 28.6 Å². The molecule has 0 radical (unpaired) electrons. The van der Waals surface area contributed by atoms with Gasteiger partial charge in [0.15, 0.2) is 6.29 Å². The lowest BCUT2D eigenvalue weighted by molar-refractivity contribution is -0.277. The number of esters is 1. The summed E-state index contributed by atoms with van der Waals surface area (Å²) in [7, 11) is 0. The Balaban J connectivity index is 2.29. The molecule has 19 heteroatoms. The van der Waals surface area contributed by atoms with E-state index in [2.05, 4.69) is 0 Å². The number of rotatable bonds is 3. The molecule has 19 nitrogen and oxygen atoms in total. The van der Waals surface area contributed by atoms with Crippen molar-refractivity contribution in [2.75, 3.05) is 0 Å². The van der Waals surface area contributed by atoms with E-state index in [0.29, 0.717) is 12.8 Å². The minimum Gasteiger partial charge on any atom is -0.481 e. The van der Waals surface area contributed by atoms with E-state index >= 15 is 0 Å². The molecule has 66 heavy (non-hydrogen) atoms. The summed E-state index contributed by atoms with van der Waals surface area (Å²) in [5, 5.41) is 127. The number of carbonyl (C=O) groups excluding carboxylic acids is 2. The maximum absolute atomic E-state index is 12.9. The predicted octanol–water partition coefficient (Wildman–Crippen LogP) is -0.107. The summed E-state index contributed by atoms with van der Waals surface area (Å²) in [6, 6.07) is -1.16. The van der Waals surface area contributed by atoms with E-state index in [1.807, 2.05) is 18.2 Å². The van der Waals surface area contributed by atoms with Gasteiger partial charge in [0.2, 0.25) is 0 Å². The van der Waals surface area contributed by atoms with Gasteiger partial charge in [-0.25, -0.2) is 0 Å². The van der Waals surface area contributed by atoms with E-state index < -0.39 is 153 Å². The van der Waals surface area contributed by atoms with Gasteiger partial charge in [0.1, 0.15) is 29.5 Å². The van der Waals surface area contributed by atoms with E-state index in [4.69, 9.17) is 19.9 Å². The summed E-state index contributed by atoms with van der Waals surface area (Å²) >= 11 is 0.